The fourth-order valence-electron chi connectivity index (χ4n) is 2.52. The van der Waals surface area contributed by atoms with E-state index >= 15 is 0 Å². The number of nitrogens with one attached hydrogen (secondary N) is 2. The third-order valence-corrected chi connectivity index (χ3v) is 3.86. The maximum absolute atomic E-state index is 12.4. The quantitative estimate of drug-likeness (QED) is 0.625. The Kier molecular flexibility index (Phi) is 6.22. The number of aryl methyl sites for hydroxylation is 1. The molecule has 2 N–H and O–H groups in total. The molecule has 28 heavy (non-hydrogen) atoms. The van der Waals surface area contributed by atoms with Crippen molar-refractivity contribution in [2.75, 3.05) is 11.9 Å². The van der Waals surface area contributed by atoms with Gasteiger partial charge in [0.25, 0.3) is 5.91 Å². The van der Waals surface area contributed by atoms with Crippen LogP contribution in [0.4, 0.5) is 11.6 Å². The summed E-state index contributed by atoms with van der Waals surface area (Å²) in [6.45, 7) is 6.52. The van der Waals surface area contributed by atoms with Gasteiger partial charge in [0, 0.05) is 12.2 Å². The van der Waals surface area contributed by atoms with Crippen molar-refractivity contribution in [2.45, 2.75) is 20.8 Å². The van der Waals surface area contributed by atoms with Gasteiger partial charge in [0.1, 0.15) is 11.4 Å². The second-order valence-electron chi connectivity index (χ2n) is 6.86. The highest BCUT2D eigenvalue weighted by atomic mass is 16.5. The smallest absolute Gasteiger partial charge is 0.270 e. The first-order valence-electron chi connectivity index (χ1n) is 9.24. The van der Waals surface area contributed by atoms with E-state index in [0.717, 1.165) is 5.75 Å². The largest absolute Gasteiger partial charge is 0.455 e. The maximum Gasteiger partial charge on any atom is 0.270 e. The molecule has 0 unspecified atom stereocenters. The molecule has 0 saturated heterocycles. The molecule has 2 aromatic carbocycles. The molecule has 1 aromatic heterocycles. The fourth-order valence-corrected chi connectivity index (χ4v) is 2.52. The van der Waals surface area contributed by atoms with Crippen molar-refractivity contribution in [3.05, 3.63) is 72.1 Å². The van der Waals surface area contributed by atoms with Gasteiger partial charge in [-0.2, -0.15) is 0 Å². The first-order chi connectivity index (χ1) is 13.5. The van der Waals surface area contributed by atoms with Gasteiger partial charge in [-0.05, 0) is 43.2 Å². The van der Waals surface area contributed by atoms with E-state index in [1.165, 1.54) is 0 Å². The minimum Gasteiger partial charge on any atom is -0.455 e. The second-order valence-corrected chi connectivity index (χ2v) is 6.86. The molecule has 3 rings (SSSR count). The Morgan fingerprint density at radius 2 is 1.75 bits per heavy atom. The van der Waals surface area contributed by atoms with Gasteiger partial charge in [-0.15, -0.1) is 0 Å². The average molecular weight is 376 g/mol. The molecule has 1 amide bonds. The van der Waals surface area contributed by atoms with E-state index in [1.807, 2.05) is 75.4 Å². The number of carbonyl (C=O) groups is 1. The number of hydrogen-bond acceptors (Lipinski definition) is 5. The van der Waals surface area contributed by atoms with Gasteiger partial charge in [-0.25, -0.2) is 9.97 Å². The summed E-state index contributed by atoms with van der Waals surface area (Å²) in [5.41, 5.74) is 1.75. The number of amides is 1. The summed E-state index contributed by atoms with van der Waals surface area (Å²) in [5, 5.41) is 6.05. The fraction of sp³-hybridized carbons (Fsp3) is 0.227. The van der Waals surface area contributed by atoms with E-state index in [2.05, 4.69) is 20.6 Å². The van der Waals surface area contributed by atoms with Gasteiger partial charge in [-0.3, -0.25) is 4.79 Å². The molecule has 0 aliphatic heterocycles. The lowest BCUT2D eigenvalue weighted by atomic mass is 10.2. The third kappa shape index (κ3) is 5.30. The molecule has 6 heteroatoms. The van der Waals surface area contributed by atoms with Crippen molar-refractivity contribution in [3.63, 3.8) is 0 Å². The normalized spacial score (nSPS) is 10.6. The molecule has 3 aromatic rings. The van der Waals surface area contributed by atoms with Crippen LogP contribution in [0.15, 0.2) is 60.7 Å². The Morgan fingerprint density at radius 3 is 2.50 bits per heavy atom. The Morgan fingerprint density at radius 1 is 1.04 bits per heavy atom. The predicted molar refractivity (Wildman–Crippen MR) is 110 cm³/mol. The standard InChI is InChI=1S/C22H24N4O2/c1-15(2)14-23-21(27)19-13-16(3)24-22(26-19)25-18-11-7-8-12-20(18)28-17-9-5-4-6-10-17/h4-13,15H,14H2,1-3H3,(H,23,27)(H,24,25,26). The summed E-state index contributed by atoms with van der Waals surface area (Å²) in [7, 11) is 0. The predicted octanol–water partition coefficient (Wildman–Crippen LogP) is 4.71. The van der Waals surface area contributed by atoms with Crippen LogP contribution < -0.4 is 15.4 Å². The van der Waals surface area contributed by atoms with Gasteiger partial charge in [0.05, 0.1) is 5.69 Å². The lowest BCUT2D eigenvalue weighted by molar-refractivity contribution is 0.0944. The Hall–Kier alpha value is -3.41. The molecule has 0 fully saturated rings. The Labute approximate surface area is 165 Å². The van der Waals surface area contributed by atoms with Gasteiger partial charge < -0.3 is 15.4 Å². The number of nitrogens with zero attached hydrogens (tertiary/aromatic N) is 2. The number of rotatable bonds is 7. The highest BCUT2D eigenvalue weighted by molar-refractivity contribution is 5.92. The van der Waals surface area contributed by atoms with Gasteiger partial charge in [0.2, 0.25) is 5.95 Å². The minimum absolute atomic E-state index is 0.212. The summed E-state index contributed by atoms with van der Waals surface area (Å²) in [4.78, 5) is 21.1. The zero-order valence-electron chi connectivity index (χ0n) is 16.3. The number of aromatic nitrogens is 2. The third-order valence-electron chi connectivity index (χ3n) is 3.86. The van der Waals surface area contributed by atoms with Gasteiger partial charge in [0.15, 0.2) is 5.75 Å². The molecular formula is C22H24N4O2. The van der Waals surface area contributed by atoms with Crippen LogP contribution in [0.5, 0.6) is 11.5 Å². The van der Waals surface area contributed by atoms with E-state index in [0.29, 0.717) is 41.2 Å². The van der Waals surface area contributed by atoms with Crippen LogP contribution in [0.25, 0.3) is 0 Å². The number of para-hydroxylation sites is 3. The van der Waals surface area contributed by atoms with E-state index < -0.39 is 0 Å². The van der Waals surface area contributed by atoms with E-state index in [-0.39, 0.29) is 5.91 Å². The van der Waals surface area contributed by atoms with Crippen molar-refractivity contribution in [1.82, 2.24) is 15.3 Å². The summed E-state index contributed by atoms with van der Waals surface area (Å²) < 4.78 is 5.96. The number of ether oxygens (including phenoxy) is 1. The van der Waals surface area contributed by atoms with Crippen molar-refractivity contribution in [3.8, 4) is 11.5 Å². The minimum atomic E-state index is -0.212. The number of benzene rings is 2. The molecule has 1 heterocycles. The number of carbonyl (C=O) groups excluding carboxylic acids is 1. The molecule has 0 aliphatic carbocycles. The number of anilines is 2. The van der Waals surface area contributed by atoms with Crippen LogP contribution in [0.3, 0.4) is 0 Å². The first-order valence-corrected chi connectivity index (χ1v) is 9.24. The Bertz CT molecular complexity index is 942. The summed E-state index contributed by atoms with van der Waals surface area (Å²) in [6, 6.07) is 18.7. The molecule has 0 saturated carbocycles. The lowest BCUT2D eigenvalue weighted by Crippen LogP contribution is -2.28. The first kappa shape index (κ1) is 19.4. The van der Waals surface area contributed by atoms with Crippen LogP contribution in [-0.4, -0.2) is 22.4 Å². The molecular weight excluding hydrogens is 352 g/mol. The SMILES string of the molecule is Cc1cc(C(=O)NCC(C)C)nc(Nc2ccccc2Oc2ccccc2)n1. The summed E-state index contributed by atoms with van der Waals surface area (Å²) in [5.74, 6) is 1.88. The van der Waals surface area contributed by atoms with Gasteiger partial charge >= 0.3 is 0 Å². The molecule has 0 radical (unpaired) electrons. The van der Waals surface area contributed by atoms with Crippen LogP contribution in [0.2, 0.25) is 0 Å². The van der Waals surface area contributed by atoms with Gasteiger partial charge in [-0.1, -0.05) is 44.2 Å². The Balaban J connectivity index is 1.81. The number of hydrogen-bond donors (Lipinski definition) is 2. The van der Waals surface area contributed by atoms with E-state index in [9.17, 15) is 4.79 Å². The van der Waals surface area contributed by atoms with Crippen LogP contribution in [-0.2, 0) is 0 Å². The van der Waals surface area contributed by atoms with Crippen molar-refractivity contribution < 1.29 is 9.53 Å². The van der Waals surface area contributed by atoms with E-state index in [4.69, 9.17) is 4.74 Å². The van der Waals surface area contributed by atoms with Crippen LogP contribution in [0, 0.1) is 12.8 Å². The molecule has 144 valence electrons. The molecule has 0 bridgehead atoms. The average Bonchev–Trinajstić information content (AvgIpc) is 2.68. The molecule has 0 atom stereocenters. The monoisotopic (exact) mass is 376 g/mol. The van der Waals surface area contributed by atoms with Crippen LogP contribution in [0.1, 0.15) is 30.0 Å². The molecule has 0 aliphatic rings. The topological polar surface area (TPSA) is 76.1 Å². The highest BCUT2D eigenvalue weighted by Crippen LogP contribution is 2.30. The zero-order valence-corrected chi connectivity index (χ0v) is 16.3. The van der Waals surface area contributed by atoms with Crippen molar-refractivity contribution >= 4 is 17.5 Å². The summed E-state index contributed by atoms with van der Waals surface area (Å²) >= 11 is 0. The second kappa shape index (κ2) is 8.99. The molecule has 0 spiro atoms. The highest BCUT2D eigenvalue weighted by Gasteiger charge is 2.12. The van der Waals surface area contributed by atoms with Crippen LogP contribution >= 0.6 is 0 Å². The lowest BCUT2D eigenvalue weighted by Gasteiger charge is -2.13. The zero-order chi connectivity index (χ0) is 19.9. The summed E-state index contributed by atoms with van der Waals surface area (Å²) in [6.07, 6.45) is 0. The maximum atomic E-state index is 12.4. The van der Waals surface area contributed by atoms with Crippen molar-refractivity contribution in [1.29, 1.82) is 0 Å². The van der Waals surface area contributed by atoms with Crippen molar-refractivity contribution in [2.24, 2.45) is 5.92 Å². The van der Waals surface area contributed by atoms with E-state index in [1.54, 1.807) is 6.07 Å². The molecule has 6 nitrogen and oxygen atoms in total.